The second kappa shape index (κ2) is 4.07. The zero-order valence-electron chi connectivity index (χ0n) is 7.40. The van der Waals surface area contributed by atoms with Crippen LogP contribution in [0.4, 0.5) is 0 Å². The Kier molecular flexibility index (Phi) is 3.05. The fourth-order valence-electron chi connectivity index (χ4n) is 1.10. The van der Waals surface area contributed by atoms with Crippen LogP contribution in [0.5, 0.6) is 0 Å². The Morgan fingerprint density at radius 3 is 3.08 bits per heavy atom. The van der Waals surface area contributed by atoms with E-state index >= 15 is 0 Å². The van der Waals surface area contributed by atoms with E-state index in [-0.39, 0.29) is 6.04 Å². The minimum absolute atomic E-state index is 0.0942. The molecule has 0 aliphatic rings. The smallest absolute Gasteiger partial charge is 0.0537 e. The third-order valence-corrected chi connectivity index (χ3v) is 1.83. The Hall–Kier alpha value is -1.09. The zero-order valence-corrected chi connectivity index (χ0v) is 7.40. The summed E-state index contributed by atoms with van der Waals surface area (Å²) in [6.45, 7) is 3.66. The maximum absolute atomic E-state index is 5.89. The summed E-state index contributed by atoms with van der Waals surface area (Å²) in [6.07, 6.45) is 7.54. The van der Waals surface area contributed by atoms with E-state index in [1.54, 1.807) is 4.68 Å². The van der Waals surface area contributed by atoms with E-state index in [9.17, 15) is 0 Å². The fourth-order valence-corrected chi connectivity index (χ4v) is 1.10. The van der Waals surface area contributed by atoms with E-state index in [1.807, 2.05) is 25.5 Å². The highest BCUT2D eigenvalue weighted by Crippen LogP contribution is 2.14. The van der Waals surface area contributed by atoms with Gasteiger partial charge in [0.15, 0.2) is 0 Å². The van der Waals surface area contributed by atoms with Gasteiger partial charge in [0.05, 0.1) is 6.20 Å². The molecule has 3 heteroatoms. The molecule has 0 saturated carbocycles. The highest BCUT2D eigenvalue weighted by molar-refractivity contribution is 5.09. The van der Waals surface area contributed by atoms with Gasteiger partial charge in [-0.15, -0.1) is 6.58 Å². The molecule has 3 nitrogen and oxygen atoms in total. The van der Waals surface area contributed by atoms with Gasteiger partial charge in [0, 0.05) is 24.8 Å². The third kappa shape index (κ3) is 2.20. The SMILES string of the molecule is C=CCCC(N)c1cnn(C)c1. The van der Waals surface area contributed by atoms with Gasteiger partial charge < -0.3 is 5.73 Å². The Labute approximate surface area is 72.9 Å². The molecular weight excluding hydrogens is 150 g/mol. The lowest BCUT2D eigenvalue weighted by atomic mass is 10.1. The minimum atomic E-state index is 0.0942. The van der Waals surface area contributed by atoms with Crippen LogP contribution in [-0.4, -0.2) is 9.78 Å². The number of rotatable bonds is 4. The van der Waals surface area contributed by atoms with Gasteiger partial charge in [0.25, 0.3) is 0 Å². The average Bonchev–Trinajstić information content (AvgIpc) is 2.47. The van der Waals surface area contributed by atoms with Crippen molar-refractivity contribution in [2.24, 2.45) is 12.8 Å². The molecule has 1 atom stereocenters. The molecule has 0 amide bonds. The molecule has 0 spiro atoms. The predicted molar refractivity (Wildman–Crippen MR) is 49.6 cm³/mol. The fraction of sp³-hybridized carbons (Fsp3) is 0.444. The van der Waals surface area contributed by atoms with Gasteiger partial charge in [-0.3, -0.25) is 4.68 Å². The van der Waals surface area contributed by atoms with E-state index < -0.39 is 0 Å². The molecule has 12 heavy (non-hydrogen) atoms. The summed E-state index contributed by atoms with van der Waals surface area (Å²) < 4.78 is 1.77. The molecule has 66 valence electrons. The van der Waals surface area contributed by atoms with Crippen LogP contribution in [-0.2, 0) is 7.05 Å². The second-order valence-corrected chi connectivity index (χ2v) is 2.92. The summed E-state index contributed by atoms with van der Waals surface area (Å²) >= 11 is 0. The number of hydrogen-bond donors (Lipinski definition) is 1. The maximum Gasteiger partial charge on any atom is 0.0537 e. The summed E-state index contributed by atoms with van der Waals surface area (Å²) in [7, 11) is 1.89. The van der Waals surface area contributed by atoms with Crippen LogP contribution in [0, 0.1) is 0 Å². The van der Waals surface area contributed by atoms with Gasteiger partial charge in [-0.05, 0) is 12.8 Å². The monoisotopic (exact) mass is 165 g/mol. The second-order valence-electron chi connectivity index (χ2n) is 2.92. The molecule has 0 fully saturated rings. The Morgan fingerprint density at radius 1 is 1.83 bits per heavy atom. The van der Waals surface area contributed by atoms with Crippen LogP contribution in [0.3, 0.4) is 0 Å². The van der Waals surface area contributed by atoms with Crippen molar-refractivity contribution in [3.63, 3.8) is 0 Å². The lowest BCUT2D eigenvalue weighted by Crippen LogP contribution is -2.08. The lowest BCUT2D eigenvalue weighted by molar-refractivity contribution is 0.660. The minimum Gasteiger partial charge on any atom is -0.324 e. The topological polar surface area (TPSA) is 43.8 Å². The van der Waals surface area contributed by atoms with Gasteiger partial charge in [-0.25, -0.2) is 0 Å². The molecule has 0 saturated heterocycles. The molecule has 0 aliphatic carbocycles. The van der Waals surface area contributed by atoms with Crippen LogP contribution in [0.2, 0.25) is 0 Å². The predicted octanol–water partition coefficient (Wildman–Crippen LogP) is 1.39. The summed E-state index contributed by atoms with van der Waals surface area (Å²) in [5, 5.41) is 4.06. The van der Waals surface area contributed by atoms with Crippen molar-refractivity contribution in [1.29, 1.82) is 0 Å². The average molecular weight is 165 g/mol. The molecule has 0 radical (unpaired) electrons. The first-order valence-electron chi connectivity index (χ1n) is 4.09. The summed E-state index contributed by atoms with van der Waals surface area (Å²) in [4.78, 5) is 0. The van der Waals surface area contributed by atoms with Crippen molar-refractivity contribution in [1.82, 2.24) is 9.78 Å². The van der Waals surface area contributed by atoms with Gasteiger partial charge in [-0.2, -0.15) is 5.10 Å². The molecule has 0 bridgehead atoms. The highest BCUT2D eigenvalue weighted by atomic mass is 15.2. The van der Waals surface area contributed by atoms with Gasteiger partial charge >= 0.3 is 0 Å². The van der Waals surface area contributed by atoms with Crippen LogP contribution < -0.4 is 5.73 Å². The Bertz CT molecular complexity index is 252. The lowest BCUT2D eigenvalue weighted by Gasteiger charge is -2.05. The molecule has 1 aromatic heterocycles. The van der Waals surface area contributed by atoms with Gasteiger partial charge in [0.2, 0.25) is 0 Å². The van der Waals surface area contributed by atoms with E-state index in [1.165, 1.54) is 0 Å². The van der Waals surface area contributed by atoms with Crippen molar-refractivity contribution < 1.29 is 0 Å². The van der Waals surface area contributed by atoms with Crippen molar-refractivity contribution in [2.45, 2.75) is 18.9 Å². The molecule has 0 aliphatic heterocycles. The first-order chi connectivity index (χ1) is 5.74. The molecule has 1 aromatic rings. The largest absolute Gasteiger partial charge is 0.324 e. The molecule has 1 heterocycles. The molecule has 1 rings (SSSR count). The number of aromatic nitrogens is 2. The van der Waals surface area contributed by atoms with E-state index in [0.717, 1.165) is 18.4 Å². The first kappa shape index (κ1) is 9.00. The summed E-state index contributed by atoms with van der Waals surface area (Å²) in [5.41, 5.74) is 6.99. The number of aryl methyl sites for hydroxylation is 1. The number of hydrogen-bond acceptors (Lipinski definition) is 2. The quantitative estimate of drug-likeness (QED) is 0.685. The zero-order chi connectivity index (χ0) is 8.97. The highest BCUT2D eigenvalue weighted by Gasteiger charge is 2.05. The van der Waals surface area contributed by atoms with Gasteiger partial charge in [0.1, 0.15) is 0 Å². The van der Waals surface area contributed by atoms with Crippen molar-refractivity contribution in [2.75, 3.05) is 0 Å². The van der Waals surface area contributed by atoms with Crippen LogP contribution >= 0.6 is 0 Å². The first-order valence-corrected chi connectivity index (χ1v) is 4.09. The van der Waals surface area contributed by atoms with E-state index in [0.29, 0.717) is 0 Å². The summed E-state index contributed by atoms with van der Waals surface area (Å²) in [6, 6.07) is 0.0942. The van der Waals surface area contributed by atoms with E-state index in [4.69, 9.17) is 5.73 Å². The van der Waals surface area contributed by atoms with Crippen LogP contribution in [0.1, 0.15) is 24.4 Å². The van der Waals surface area contributed by atoms with Crippen molar-refractivity contribution in [3.05, 3.63) is 30.6 Å². The normalized spacial score (nSPS) is 12.8. The third-order valence-electron chi connectivity index (χ3n) is 1.83. The Morgan fingerprint density at radius 2 is 2.58 bits per heavy atom. The van der Waals surface area contributed by atoms with Gasteiger partial charge in [-0.1, -0.05) is 6.08 Å². The van der Waals surface area contributed by atoms with Crippen molar-refractivity contribution >= 4 is 0 Å². The standard InChI is InChI=1S/C9H15N3/c1-3-4-5-9(10)8-6-11-12(2)7-8/h3,6-7,9H,1,4-5,10H2,2H3. The molecule has 2 N–H and O–H groups in total. The van der Waals surface area contributed by atoms with Crippen LogP contribution in [0.25, 0.3) is 0 Å². The van der Waals surface area contributed by atoms with Crippen LogP contribution in [0.15, 0.2) is 25.0 Å². The summed E-state index contributed by atoms with van der Waals surface area (Å²) in [5.74, 6) is 0. The molecular formula is C9H15N3. The number of allylic oxidation sites excluding steroid dienone is 1. The Balaban J connectivity index is 2.52. The maximum atomic E-state index is 5.89. The molecule has 0 aromatic carbocycles. The van der Waals surface area contributed by atoms with Crippen molar-refractivity contribution in [3.8, 4) is 0 Å². The number of nitrogens with two attached hydrogens (primary N) is 1. The molecule has 1 unspecified atom stereocenters. The number of nitrogens with zero attached hydrogens (tertiary/aromatic N) is 2. The van der Waals surface area contributed by atoms with E-state index in [2.05, 4.69) is 11.7 Å².